The van der Waals surface area contributed by atoms with Gasteiger partial charge in [-0.3, -0.25) is 4.79 Å². The van der Waals surface area contributed by atoms with Crippen LogP contribution in [-0.2, 0) is 9.53 Å². The lowest BCUT2D eigenvalue weighted by Crippen LogP contribution is -2.83. The Balaban J connectivity index is 3.44. The van der Waals surface area contributed by atoms with E-state index in [1.807, 2.05) is 0 Å². The minimum Gasteiger partial charge on any atom is -0.462 e. The highest BCUT2D eigenvalue weighted by Gasteiger charge is 2.63. The smallest absolute Gasteiger partial charge is 0.306 e. The van der Waals surface area contributed by atoms with Crippen molar-refractivity contribution in [1.29, 1.82) is 0 Å². The SMILES string of the molecule is CC1(C)CCC(=O)OC1C[Si]([Si](C)(C)C)([Si](C)(C)C)[Si](C)(C)C. The zero-order chi connectivity index (χ0) is 18.5. The summed E-state index contributed by atoms with van der Waals surface area (Å²) in [6, 6.07) is 1.24. The van der Waals surface area contributed by atoms with Gasteiger partial charge in [-0.25, -0.2) is 0 Å². The van der Waals surface area contributed by atoms with E-state index in [0.717, 1.165) is 6.42 Å². The van der Waals surface area contributed by atoms with Gasteiger partial charge in [0.15, 0.2) is 0 Å². The molecule has 0 amide bonds. The van der Waals surface area contributed by atoms with E-state index in [0.29, 0.717) is 6.42 Å². The van der Waals surface area contributed by atoms with Crippen LogP contribution in [0, 0.1) is 5.41 Å². The minimum absolute atomic E-state index is 0.0407. The highest BCUT2D eigenvalue weighted by molar-refractivity contribution is 7.89. The fourth-order valence-corrected chi connectivity index (χ4v) is 104. The van der Waals surface area contributed by atoms with Crippen LogP contribution in [0.1, 0.15) is 26.7 Å². The van der Waals surface area contributed by atoms with Gasteiger partial charge >= 0.3 is 5.97 Å². The number of cyclic esters (lactones) is 1. The number of hydrogen-bond acceptors (Lipinski definition) is 2. The first-order valence-electron chi connectivity index (χ1n) is 9.15. The first-order chi connectivity index (χ1) is 9.96. The predicted molar refractivity (Wildman–Crippen MR) is 113 cm³/mol. The van der Waals surface area contributed by atoms with Crippen molar-refractivity contribution in [2.24, 2.45) is 5.41 Å². The van der Waals surface area contributed by atoms with Gasteiger partial charge in [0.05, 0.1) is 0 Å². The Morgan fingerprint density at radius 3 is 1.65 bits per heavy atom. The molecule has 1 aliphatic heterocycles. The van der Waals surface area contributed by atoms with Crippen LogP contribution >= 0.6 is 0 Å². The van der Waals surface area contributed by atoms with Crippen molar-refractivity contribution in [2.75, 3.05) is 0 Å². The zero-order valence-corrected chi connectivity index (χ0v) is 21.5. The van der Waals surface area contributed by atoms with Crippen LogP contribution in [0.3, 0.4) is 0 Å². The van der Waals surface area contributed by atoms with Gasteiger partial charge in [0, 0.05) is 41.2 Å². The maximum Gasteiger partial charge on any atom is 0.306 e. The molecule has 0 N–H and O–H groups in total. The molecule has 0 aliphatic carbocycles. The van der Waals surface area contributed by atoms with Gasteiger partial charge in [0.2, 0.25) is 0 Å². The summed E-state index contributed by atoms with van der Waals surface area (Å²) in [5.74, 6) is 0.0407. The summed E-state index contributed by atoms with van der Waals surface area (Å²) in [7, 11) is -3.92. The van der Waals surface area contributed by atoms with Gasteiger partial charge in [-0.1, -0.05) is 72.8 Å². The Kier molecular flexibility index (Phi) is 5.81. The van der Waals surface area contributed by atoms with Crippen LogP contribution in [0.4, 0.5) is 0 Å². The number of rotatable bonds is 5. The van der Waals surface area contributed by atoms with Crippen molar-refractivity contribution < 1.29 is 9.53 Å². The molecular formula is C17H40O2Si4. The second-order valence-corrected chi connectivity index (χ2v) is 52.7. The molecule has 1 unspecified atom stereocenters. The maximum absolute atomic E-state index is 12.0. The van der Waals surface area contributed by atoms with Crippen molar-refractivity contribution in [2.45, 2.75) is 97.8 Å². The molecule has 0 aromatic heterocycles. The van der Waals surface area contributed by atoms with Crippen molar-refractivity contribution in [3.05, 3.63) is 0 Å². The zero-order valence-electron chi connectivity index (χ0n) is 17.5. The van der Waals surface area contributed by atoms with Crippen LogP contribution in [0.15, 0.2) is 0 Å². The molecule has 1 fully saturated rings. The Morgan fingerprint density at radius 2 is 1.30 bits per heavy atom. The summed E-state index contributed by atoms with van der Waals surface area (Å²) in [5.41, 5.74) is 0.144. The summed E-state index contributed by atoms with van der Waals surface area (Å²) in [6.45, 7) is 26.7. The summed E-state index contributed by atoms with van der Waals surface area (Å²) < 4.78 is 6.01. The molecule has 1 saturated heterocycles. The molecule has 0 aromatic carbocycles. The van der Waals surface area contributed by atoms with Crippen molar-refractivity contribution in [3.8, 4) is 0 Å². The van der Waals surface area contributed by atoms with E-state index in [1.165, 1.54) is 6.04 Å². The number of esters is 1. The van der Waals surface area contributed by atoms with Gasteiger partial charge in [0.25, 0.3) is 0 Å². The Bertz CT molecular complexity index is 417. The quantitative estimate of drug-likeness (QED) is 0.464. The molecule has 1 atom stereocenters. The van der Waals surface area contributed by atoms with E-state index in [4.69, 9.17) is 4.74 Å². The third-order valence-corrected chi connectivity index (χ3v) is 80.5. The van der Waals surface area contributed by atoms with Gasteiger partial charge < -0.3 is 4.74 Å². The lowest BCUT2D eigenvalue weighted by Gasteiger charge is -2.59. The second kappa shape index (κ2) is 6.25. The van der Waals surface area contributed by atoms with Crippen molar-refractivity contribution >= 4 is 35.4 Å². The predicted octanol–water partition coefficient (Wildman–Crippen LogP) is 5.42. The van der Waals surface area contributed by atoms with E-state index in [-0.39, 0.29) is 17.5 Å². The van der Waals surface area contributed by atoms with Gasteiger partial charge in [-0.2, -0.15) is 0 Å². The van der Waals surface area contributed by atoms with Crippen LogP contribution in [-0.4, -0.2) is 41.5 Å². The molecule has 0 aromatic rings. The number of carbonyl (C=O) groups excluding carboxylic acids is 1. The molecule has 0 bridgehead atoms. The molecule has 1 rings (SSSR count). The topological polar surface area (TPSA) is 26.3 Å². The third-order valence-electron chi connectivity index (χ3n) is 6.45. The maximum atomic E-state index is 12.0. The molecular weight excluding hydrogens is 349 g/mol. The first-order valence-corrected chi connectivity index (χ1v) is 24.9. The molecule has 2 nitrogen and oxygen atoms in total. The number of ether oxygens (including phenoxy) is 1. The summed E-state index contributed by atoms with van der Waals surface area (Å²) in [4.78, 5) is 12.0. The summed E-state index contributed by atoms with van der Waals surface area (Å²) in [6.07, 6.45) is 1.75. The molecule has 136 valence electrons. The van der Waals surface area contributed by atoms with Crippen molar-refractivity contribution in [1.82, 2.24) is 0 Å². The number of hydrogen-bond donors (Lipinski definition) is 0. The average Bonchev–Trinajstić information content (AvgIpc) is 2.25. The van der Waals surface area contributed by atoms with Crippen LogP contribution in [0.2, 0.25) is 65.0 Å². The monoisotopic (exact) mass is 388 g/mol. The molecule has 0 spiro atoms. The Morgan fingerprint density at radius 1 is 0.913 bits per heavy atom. The van der Waals surface area contributed by atoms with Gasteiger partial charge in [-0.15, -0.1) is 0 Å². The van der Waals surface area contributed by atoms with E-state index in [2.05, 4.69) is 72.8 Å². The largest absolute Gasteiger partial charge is 0.462 e. The second-order valence-electron chi connectivity index (χ2n) is 11.3. The van der Waals surface area contributed by atoms with Gasteiger partial charge in [0.1, 0.15) is 6.10 Å². The standard InChI is InChI=1S/C17H40O2Si4/c1-17(2)13-12-16(18)19-15(17)14-23(20(3,4)5,21(6,7)8)22(9,10)11/h15H,12-14H2,1-11H3. The molecule has 1 heterocycles. The summed E-state index contributed by atoms with van der Waals surface area (Å²) in [5, 5.41) is 0. The Labute approximate surface area is 148 Å². The first kappa shape index (κ1) is 21.4. The van der Waals surface area contributed by atoms with E-state index < -0.39 is 29.4 Å². The third kappa shape index (κ3) is 3.95. The molecule has 0 saturated carbocycles. The van der Waals surface area contributed by atoms with Gasteiger partial charge in [-0.05, 0) is 12.5 Å². The van der Waals surface area contributed by atoms with Crippen LogP contribution in [0.5, 0.6) is 0 Å². The van der Waals surface area contributed by atoms with E-state index >= 15 is 0 Å². The normalized spacial score (nSPS) is 23.6. The molecule has 0 radical (unpaired) electrons. The summed E-state index contributed by atoms with van der Waals surface area (Å²) >= 11 is 0. The molecule has 1 aliphatic rings. The fraction of sp³-hybridized carbons (Fsp3) is 0.941. The van der Waals surface area contributed by atoms with Crippen LogP contribution < -0.4 is 0 Å². The lowest BCUT2D eigenvalue weighted by atomic mass is 9.81. The average molecular weight is 389 g/mol. The molecule has 6 heteroatoms. The highest BCUT2D eigenvalue weighted by Crippen LogP contribution is 2.46. The Hall–Kier alpha value is 0.338. The fourth-order valence-electron chi connectivity index (χ4n) is 5.85. The highest BCUT2D eigenvalue weighted by atomic mass is 29.9. The van der Waals surface area contributed by atoms with E-state index in [1.54, 1.807) is 0 Å². The number of carbonyl (C=O) groups is 1. The molecule has 23 heavy (non-hydrogen) atoms. The minimum atomic E-state index is -1.47. The van der Waals surface area contributed by atoms with E-state index in [9.17, 15) is 4.79 Å². The van der Waals surface area contributed by atoms with Crippen molar-refractivity contribution in [3.63, 3.8) is 0 Å². The lowest BCUT2D eigenvalue weighted by molar-refractivity contribution is -0.162. The van der Waals surface area contributed by atoms with Crippen LogP contribution in [0.25, 0.3) is 0 Å².